The Morgan fingerprint density at radius 1 is 1.83 bits per heavy atom. The first-order valence-corrected chi connectivity index (χ1v) is 4.94. The average molecular weight is 152 g/mol. The van der Waals surface area contributed by atoms with Gasteiger partial charge in [0.2, 0.25) is 0 Å². The second-order valence-corrected chi connectivity index (χ2v) is 3.34. The summed E-state index contributed by atoms with van der Waals surface area (Å²) in [6.45, 7) is 2.05. The van der Waals surface area contributed by atoms with E-state index in [2.05, 4.69) is 5.82 Å². The van der Waals surface area contributed by atoms with Crippen LogP contribution in [0.5, 0.6) is 0 Å². The molecule has 0 saturated heterocycles. The van der Waals surface area contributed by atoms with E-state index in [1.165, 1.54) is 5.32 Å². The molecule has 0 unspecified atom stereocenters. The third-order valence-electron chi connectivity index (χ3n) is 0.430. The van der Waals surface area contributed by atoms with E-state index in [9.17, 15) is 0 Å². The molecule has 0 amide bonds. The third-order valence-corrected chi connectivity index (χ3v) is 2.23. The molecule has 0 radical (unpaired) electrons. The van der Waals surface area contributed by atoms with E-state index in [0.717, 1.165) is 15.0 Å². The first kappa shape index (κ1) is 6.48. The minimum absolute atomic E-state index is 0.426. The number of hydrogen-bond acceptors (Lipinski definition) is 1. The van der Waals surface area contributed by atoms with Gasteiger partial charge in [0.05, 0.1) is 0 Å². The van der Waals surface area contributed by atoms with Gasteiger partial charge in [0.15, 0.2) is 0 Å². The molecule has 0 bridgehead atoms. The summed E-state index contributed by atoms with van der Waals surface area (Å²) in [4.78, 5) is 0. The fourth-order valence-electron chi connectivity index (χ4n) is 0.263. The van der Waals surface area contributed by atoms with Crippen LogP contribution >= 0.6 is 0 Å². The molecule has 0 fully saturated rings. The van der Waals surface area contributed by atoms with Crippen LogP contribution in [0.15, 0.2) is 0 Å². The van der Waals surface area contributed by atoms with Crippen molar-refractivity contribution in [2.45, 2.75) is 24.1 Å². The quantitative estimate of drug-likeness (QED) is 0.573. The first-order valence-electron chi connectivity index (χ1n) is 2.02. The summed E-state index contributed by atoms with van der Waals surface area (Å²) in [5.41, 5.74) is 5.42. The van der Waals surface area contributed by atoms with Gasteiger partial charge in [-0.15, -0.1) is 0 Å². The molecule has 2 heteroatoms. The Balaban J connectivity index is 2.63. The summed E-state index contributed by atoms with van der Waals surface area (Å²) in [6, 6.07) is 0.426. The van der Waals surface area contributed by atoms with E-state index in [-0.39, 0.29) is 0 Å². The molecule has 1 atom stereocenters. The molecule has 0 rings (SSSR count). The van der Waals surface area contributed by atoms with Gasteiger partial charge >= 0.3 is 44.8 Å². The molecule has 0 aromatic heterocycles. The molecule has 1 nitrogen and oxygen atoms in total. The summed E-state index contributed by atoms with van der Waals surface area (Å²) >= 11 is 0.772. The zero-order chi connectivity index (χ0) is 4.99. The molecule has 0 saturated carbocycles. The number of hydrogen-bond donors (Lipinski definition) is 1. The average Bonchev–Trinajstić information content (AvgIpc) is 1.35. The van der Waals surface area contributed by atoms with Crippen molar-refractivity contribution in [3.8, 4) is 0 Å². The van der Waals surface area contributed by atoms with Crippen molar-refractivity contribution in [3.05, 3.63) is 0 Å². The number of nitrogens with two attached hydrogens (primary N) is 1. The Bertz CT molecular complexity index is 28.7. The maximum atomic E-state index is 5.42. The van der Waals surface area contributed by atoms with Crippen LogP contribution in [0.4, 0.5) is 0 Å². The predicted molar refractivity (Wildman–Crippen MR) is 30.1 cm³/mol. The Labute approximate surface area is 45.5 Å². The Morgan fingerprint density at radius 3 is 2.33 bits per heavy atom. The van der Waals surface area contributed by atoms with E-state index in [1.54, 1.807) is 0 Å². The van der Waals surface area contributed by atoms with Gasteiger partial charge in [0.1, 0.15) is 0 Å². The van der Waals surface area contributed by atoms with Gasteiger partial charge in [-0.25, -0.2) is 0 Å². The van der Waals surface area contributed by atoms with Gasteiger partial charge in [-0.1, -0.05) is 0 Å². The van der Waals surface area contributed by atoms with E-state index in [4.69, 9.17) is 5.73 Å². The van der Waals surface area contributed by atoms with E-state index in [0.29, 0.717) is 6.04 Å². The zero-order valence-corrected chi connectivity index (χ0v) is 5.98. The maximum absolute atomic E-state index is 5.42. The fourth-order valence-corrected chi connectivity index (χ4v) is 1.37. The van der Waals surface area contributed by atoms with Gasteiger partial charge in [-0.2, -0.15) is 0 Å². The fraction of sp³-hybridized carbons (Fsp3) is 1.00. The molecule has 0 heterocycles. The van der Waals surface area contributed by atoms with Crippen molar-refractivity contribution < 1.29 is 0 Å². The monoisotopic (exact) mass is 153 g/mol. The number of rotatable bonds is 2. The summed E-state index contributed by atoms with van der Waals surface area (Å²) in [6.07, 6.45) is 0. The molecule has 0 aromatic carbocycles. The Hall–Kier alpha value is 0.479. The van der Waals surface area contributed by atoms with Crippen LogP contribution in [-0.2, 0) is 0 Å². The zero-order valence-electron chi connectivity index (χ0n) is 4.27. The summed E-state index contributed by atoms with van der Waals surface area (Å²) in [5, 5.41) is 1.22. The predicted octanol–water partition coefficient (Wildman–Crippen LogP) is 0.504. The molecular formula is C4H11NSe. The molecule has 38 valence electrons. The Morgan fingerprint density at radius 2 is 2.33 bits per heavy atom. The van der Waals surface area contributed by atoms with Gasteiger partial charge < -0.3 is 0 Å². The summed E-state index contributed by atoms with van der Waals surface area (Å²) in [5.74, 6) is 2.20. The van der Waals surface area contributed by atoms with Crippen molar-refractivity contribution in [3.63, 3.8) is 0 Å². The topological polar surface area (TPSA) is 26.0 Å². The van der Waals surface area contributed by atoms with Crippen LogP contribution in [0.3, 0.4) is 0 Å². The van der Waals surface area contributed by atoms with E-state index >= 15 is 0 Å². The second-order valence-electron chi connectivity index (χ2n) is 1.43. The standard InChI is InChI=1S/C4H11NSe/c1-4(5)3-6-2/h4H,3,5H2,1-2H3/t4-/m1/s1. The van der Waals surface area contributed by atoms with Gasteiger partial charge in [-0.05, 0) is 0 Å². The minimum atomic E-state index is 0.426. The van der Waals surface area contributed by atoms with Gasteiger partial charge in [0.25, 0.3) is 0 Å². The van der Waals surface area contributed by atoms with E-state index in [1.807, 2.05) is 6.92 Å². The summed E-state index contributed by atoms with van der Waals surface area (Å²) in [7, 11) is 0. The molecule has 0 aliphatic heterocycles. The van der Waals surface area contributed by atoms with Gasteiger partial charge in [0, 0.05) is 0 Å². The SMILES string of the molecule is C[Se]C[C@@H](C)N. The van der Waals surface area contributed by atoms with Crippen LogP contribution in [-0.4, -0.2) is 21.0 Å². The van der Waals surface area contributed by atoms with Crippen LogP contribution in [0.1, 0.15) is 6.92 Å². The summed E-state index contributed by atoms with van der Waals surface area (Å²) < 4.78 is 0. The van der Waals surface area contributed by atoms with Crippen molar-refractivity contribution >= 4 is 15.0 Å². The van der Waals surface area contributed by atoms with Crippen molar-refractivity contribution in [1.29, 1.82) is 0 Å². The van der Waals surface area contributed by atoms with Gasteiger partial charge in [-0.3, -0.25) is 0 Å². The van der Waals surface area contributed by atoms with Crippen molar-refractivity contribution in [2.75, 3.05) is 0 Å². The molecule has 6 heavy (non-hydrogen) atoms. The van der Waals surface area contributed by atoms with Crippen LogP contribution in [0, 0.1) is 0 Å². The van der Waals surface area contributed by atoms with Crippen LogP contribution in [0.2, 0.25) is 11.1 Å². The first-order chi connectivity index (χ1) is 2.77. The normalized spacial score (nSPS) is 14.5. The van der Waals surface area contributed by atoms with E-state index < -0.39 is 0 Å². The molecule has 0 spiro atoms. The third kappa shape index (κ3) is 4.48. The molecule has 2 N–H and O–H groups in total. The van der Waals surface area contributed by atoms with Crippen molar-refractivity contribution in [2.24, 2.45) is 5.73 Å². The molecular weight excluding hydrogens is 141 g/mol. The Kier molecular flexibility index (Phi) is 3.95. The van der Waals surface area contributed by atoms with Crippen LogP contribution in [0.25, 0.3) is 0 Å². The molecule has 0 aliphatic rings. The molecule has 0 aliphatic carbocycles. The second kappa shape index (κ2) is 3.66. The van der Waals surface area contributed by atoms with Crippen molar-refractivity contribution in [1.82, 2.24) is 0 Å². The molecule has 0 aromatic rings. The van der Waals surface area contributed by atoms with Crippen LogP contribution < -0.4 is 5.73 Å².